The zero-order valence-electron chi connectivity index (χ0n) is 15.3. The van der Waals surface area contributed by atoms with Gasteiger partial charge in [0, 0.05) is 6.20 Å². The zero-order chi connectivity index (χ0) is 21.1. The van der Waals surface area contributed by atoms with Crippen LogP contribution < -0.4 is 5.32 Å². The fraction of sp³-hybridized carbons (Fsp3) is 0.100. The van der Waals surface area contributed by atoms with Crippen LogP contribution >= 0.6 is 11.3 Å². The summed E-state index contributed by atoms with van der Waals surface area (Å²) in [6, 6.07) is 13.6. The Balaban J connectivity index is 1.68. The predicted molar refractivity (Wildman–Crippen MR) is 105 cm³/mol. The summed E-state index contributed by atoms with van der Waals surface area (Å²) in [6.45, 7) is 0.173. The lowest BCUT2D eigenvalue weighted by atomic mass is 10.2. The number of carbonyl (C=O) groups is 1. The molecule has 4 aromatic rings. The van der Waals surface area contributed by atoms with Crippen molar-refractivity contribution in [2.75, 3.05) is 0 Å². The number of halogens is 3. The van der Waals surface area contributed by atoms with Gasteiger partial charge in [0.15, 0.2) is 5.82 Å². The Bertz CT molecular complexity index is 1160. The van der Waals surface area contributed by atoms with Crippen molar-refractivity contribution in [3.63, 3.8) is 0 Å². The highest BCUT2D eigenvalue weighted by Gasteiger charge is 2.31. The monoisotopic (exact) mass is 429 g/mol. The Morgan fingerprint density at radius 2 is 1.97 bits per heavy atom. The van der Waals surface area contributed by atoms with Gasteiger partial charge < -0.3 is 5.32 Å². The second-order valence-corrected chi connectivity index (χ2v) is 7.15. The lowest BCUT2D eigenvalue weighted by Gasteiger charge is -2.09. The van der Waals surface area contributed by atoms with Crippen LogP contribution in [0.5, 0.6) is 0 Å². The van der Waals surface area contributed by atoms with Crippen LogP contribution in [0.2, 0.25) is 0 Å². The van der Waals surface area contributed by atoms with E-state index < -0.39 is 17.6 Å². The van der Waals surface area contributed by atoms with E-state index in [0.717, 1.165) is 12.1 Å². The van der Waals surface area contributed by atoms with Crippen LogP contribution in [0.15, 0.2) is 66.2 Å². The highest BCUT2D eigenvalue weighted by atomic mass is 32.1. The minimum absolute atomic E-state index is 0.147. The summed E-state index contributed by atoms with van der Waals surface area (Å²) < 4.78 is 40.7. The van der Waals surface area contributed by atoms with Crippen molar-refractivity contribution in [1.82, 2.24) is 25.1 Å². The number of carbonyl (C=O) groups excluding carboxylic acids is 1. The molecule has 0 aliphatic carbocycles. The number of nitrogens with zero attached hydrogens (tertiary/aromatic N) is 4. The average molecular weight is 429 g/mol. The average Bonchev–Trinajstić information content (AvgIpc) is 3.42. The predicted octanol–water partition coefficient (Wildman–Crippen LogP) is 4.34. The molecule has 152 valence electrons. The smallest absolute Gasteiger partial charge is 0.344 e. The maximum atomic E-state index is 13.1. The third-order valence-electron chi connectivity index (χ3n) is 4.13. The van der Waals surface area contributed by atoms with Crippen molar-refractivity contribution in [3.05, 3.63) is 83.3 Å². The number of nitrogens with one attached hydrogen (secondary N) is 1. The second-order valence-electron chi connectivity index (χ2n) is 6.20. The molecule has 0 fully saturated rings. The first kappa shape index (κ1) is 19.8. The van der Waals surface area contributed by atoms with Gasteiger partial charge in [0.2, 0.25) is 5.82 Å². The number of thiophene rings is 1. The zero-order valence-corrected chi connectivity index (χ0v) is 16.1. The molecule has 0 saturated carbocycles. The van der Waals surface area contributed by atoms with E-state index in [0.29, 0.717) is 10.6 Å². The summed E-state index contributed by atoms with van der Waals surface area (Å²) in [6.07, 6.45) is -2.89. The minimum Gasteiger partial charge on any atom is -0.344 e. The number of aromatic nitrogens is 4. The first-order chi connectivity index (χ1) is 14.4. The van der Waals surface area contributed by atoms with Crippen LogP contribution in [-0.2, 0) is 12.7 Å². The summed E-state index contributed by atoms with van der Waals surface area (Å²) in [5.41, 5.74) is -0.0000690. The molecule has 10 heteroatoms. The number of benzene rings is 1. The van der Waals surface area contributed by atoms with Gasteiger partial charge in [0.05, 0.1) is 28.4 Å². The fourth-order valence-electron chi connectivity index (χ4n) is 2.72. The van der Waals surface area contributed by atoms with Crippen molar-refractivity contribution < 1.29 is 18.0 Å². The van der Waals surface area contributed by atoms with Gasteiger partial charge >= 0.3 is 6.18 Å². The summed E-state index contributed by atoms with van der Waals surface area (Å²) in [5, 5.41) is 8.66. The highest BCUT2D eigenvalue weighted by molar-refractivity contribution is 7.13. The van der Waals surface area contributed by atoms with Gasteiger partial charge in [-0.3, -0.25) is 9.78 Å². The van der Waals surface area contributed by atoms with Gasteiger partial charge in [-0.05, 0) is 41.8 Å². The molecule has 1 N–H and O–H groups in total. The summed E-state index contributed by atoms with van der Waals surface area (Å²) in [5.74, 6) is -0.414. The third kappa shape index (κ3) is 4.23. The molecule has 30 heavy (non-hydrogen) atoms. The third-order valence-corrected chi connectivity index (χ3v) is 4.99. The van der Waals surface area contributed by atoms with E-state index in [4.69, 9.17) is 0 Å². The number of amides is 1. The second kappa shape index (κ2) is 8.07. The molecule has 0 aliphatic heterocycles. The minimum atomic E-state index is -4.50. The SMILES string of the molecule is O=C(NCc1ccccn1)c1nc(-c2cccs2)n(-c2cccc(C(F)(F)F)c2)n1. The Morgan fingerprint density at radius 3 is 2.67 bits per heavy atom. The lowest BCUT2D eigenvalue weighted by molar-refractivity contribution is -0.137. The molecule has 3 aromatic heterocycles. The van der Waals surface area contributed by atoms with E-state index in [9.17, 15) is 18.0 Å². The van der Waals surface area contributed by atoms with Crippen LogP contribution in [0.3, 0.4) is 0 Å². The Kier molecular flexibility index (Phi) is 5.32. The number of hydrogen-bond acceptors (Lipinski definition) is 5. The summed E-state index contributed by atoms with van der Waals surface area (Å²) in [7, 11) is 0. The summed E-state index contributed by atoms with van der Waals surface area (Å²) in [4.78, 5) is 21.6. The standard InChI is InChI=1S/C20H14F3N5OS/c21-20(22,23)13-5-3-7-15(11-13)28-18(16-8-4-10-30-16)26-17(27-28)19(29)25-12-14-6-1-2-9-24-14/h1-11H,12H2,(H,25,29). The lowest BCUT2D eigenvalue weighted by Crippen LogP contribution is -2.24. The van der Waals surface area contributed by atoms with Crippen molar-refractivity contribution in [2.45, 2.75) is 12.7 Å². The molecule has 4 rings (SSSR count). The van der Waals surface area contributed by atoms with Crippen LogP contribution in [0.25, 0.3) is 16.4 Å². The number of hydrogen-bond donors (Lipinski definition) is 1. The van der Waals surface area contributed by atoms with Crippen LogP contribution in [0.4, 0.5) is 13.2 Å². The highest BCUT2D eigenvalue weighted by Crippen LogP contribution is 2.32. The van der Waals surface area contributed by atoms with Crippen molar-refractivity contribution >= 4 is 17.2 Å². The van der Waals surface area contributed by atoms with E-state index in [1.807, 2.05) is 0 Å². The van der Waals surface area contributed by atoms with Crippen LogP contribution in [-0.4, -0.2) is 25.7 Å². The van der Waals surface area contributed by atoms with Gasteiger partial charge in [-0.1, -0.05) is 18.2 Å². The quantitative estimate of drug-likeness (QED) is 0.512. The topological polar surface area (TPSA) is 72.7 Å². The Labute approximate surface area is 173 Å². The molecule has 0 bridgehead atoms. The van der Waals surface area contributed by atoms with Crippen LogP contribution in [0, 0.1) is 0 Å². The molecular formula is C20H14F3N5OS. The number of rotatable bonds is 5. The van der Waals surface area contributed by atoms with E-state index in [2.05, 4.69) is 20.4 Å². The van der Waals surface area contributed by atoms with Gasteiger partial charge in [-0.15, -0.1) is 16.4 Å². The molecule has 1 amide bonds. The molecule has 0 atom stereocenters. The van der Waals surface area contributed by atoms with Crippen molar-refractivity contribution in [3.8, 4) is 16.4 Å². The largest absolute Gasteiger partial charge is 0.416 e. The molecule has 6 nitrogen and oxygen atoms in total. The van der Waals surface area contributed by atoms with Crippen molar-refractivity contribution in [1.29, 1.82) is 0 Å². The molecule has 3 heterocycles. The maximum absolute atomic E-state index is 13.1. The van der Waals surface area contributed by atoms with Gasteiger partial charge in [0.25, 0.3) is 5.91 Å². The Hall–Kier alpha value is -3.53. The van der Waals surface area contributed by atoms with Crippen LogP contribution in [0.1, 0.15) is 21.9 Å². The van der Waals surface area contributed by atoms with Gasteiger partial charge in [0.1, 0.15) is 0 Å². The molecule has 0 aliphatic rings. The van der Waals surface area contributed by atoms with Gasteiger partial charge in [-0.2, -0.15) is 13.2 Å². The van der Waals surface area contributed by atoms with E-state index in [-0.39, 0.29) is 23.9 Å². The molecule has 0 unspecified atom stereocenters. The van der Waals surface area contributed by atoms with E-state index >= 15 is 0 Å². The number of pyridine rings is 1. The van der Waals surface area contributed by atoms with E-state index in [1.165, 1.54) is 28.2 Å². The maximum Gasteiger partial charge on any atom is 0.416 e. The summed E-state index contributed by atoms with van der Waals surface area (Å²) >= 11 is 1.34. The first-order valence-electron chi connectivity index (χ1n) is 8.78. The van der Waals surface area contributed by atoms with E-state index in [1.54, 1.807) is 41.9 Å². The molecule has 0 spiro atoms. The number of alkyl halides is 3. The normalized spacial score (nSPS) is 11.4. The van der Waals surface area contributed by atoms with Crippen molar-refractivity contribution in [2.24, 2.45) is 0 Å². The molecular weight excluding hydrogens is 415 g/mol. The fourth-order valence-corrected chi connectivity index (χ4v) is 3.42. The molecule has 0 saturated heterocycles. The molecule has 0 radical (unpaired) electrons. The molecule has 1 aromatic carbocycles. The Morgan fingerprint density at radius 1 is 1.10 bits per heavy atom. The van der Waals surface area contributed by atoms with Gasteiger partial charge in [-0.25, -0.2) is 9.67 Å². The first-order valence-corrected chi connectivity index (χ1v) is 9.66.